The van der Waals surface area contributed by atoms with Gasteiger partial charge < -0.3 is 15.0 Å². The molecular formula is C14H29N3O2. The van der Waals surface area contributed by atoms with E-state index in [1.54, 1.807) is 0 Å². The first-order valence-electron chi connectivity index (χ1n) is 7.37. The zero-order valence-corrected chi connectivity index (χ0v) is 12.7. The number of nitrogens with zero attached hydrogens (tertiary/aromatic N) is 2. The van der Waals surface area contributed by atoms with E-state index in [0.717, 1.165) is 45.7 Å². The first kappa shape index (κ1) is 16.4. The highest BCUT2D eigenvalue weighted by atomic mass is 16.5. The molecule has 0 atom stereocenters. The summed E-state index contributed by atoms with van der Waals surface area (Å²) < 4.78 is 5.41. The van der Waals surface area contributed by atoms with E-state index < -0.39 is 0 Å². The summed E-state index contributed by atoms with van der Waals surface area (Å²) >= 11 is 0. The Morgan fingerprint density at radius 3 is 2.58 bits per heavy atom. The normalized spacial score (nSPS) is 17.9. The van der Waals surface area contributed by atoms with Crippen molar-refractivity contribution in [2.24, 2.45) is 0 Å². The Morgan fingerprint density at radius 1 is 1.26 bits per heavy atom. The minimum absolute atomic E-state index is 0.140. The maximum absolute atomic E-state index is 11.6. The standard InChI is InChI=1S/C14H29N3O2/c1-13(2)19-12-4-5-14(18)15-6-7-17-10-8-16(3)9-11-17/h13H,4-12H2,1-3H3,(H,15,18). The summed E-state index contributed by atoms with van der Waals surface area (Å²) in [5.74, 6) is 0.140. The average molecular weight is 271 g/mol. The molecule has 1 fully saturated rings. The van der Waals surface area contributed by atoms with Crippen LogP contribution >= 0.6 is 0 Å². The van der Waals surface area contributed by atoms with Crippen molar-refractivity contribution in [3.63, 3.8) is 0 Å². The Kier molecular flexibility index (Phi) is 8.02. The lowest BCUT2D eigenvalue weighted by molar-refractivity contribution is -0.121. The van der Waals surface area contributed by atoms with Gasteiger partial charge in [-0.25, -0.2) is 0 Å². The fraction of sp³-hybridized carbons (Fsp3) is 0.929. The molecule has 1 aliphatic heterocycles. The maximum Gasteiger partial charge on any atom is 0.220 e. The van der Waals surface area contributed by atoms with E-state index in [9.17, 15) is 4.79 Å². The summed E-state index contributed by atoms with van der Waals surface area (Å²) in [6.45, 7) is 10.9. The van der Waals surface area contributed by atoms with Crippen molar-refractivity contribution in [1.82, 2.24) is 15.1 Å². The van der Waals surface area contributed by atoms with Crippen LogP contribution in [0.15, 0.2) is 0 Å². The van der Waals surface area contributed by atoms with Crippen LogP contribution in [0.1, 0.15) is 26.7 Å². The van der Waals surface area contributed by atoms with Crippen LogP contribution in [0.4, 0.5) is 0 Å². The Labute approximate surface area is 117 Å². The second-order valence-corrected chi connectivity index (χ2v) is 5.52. The lowest BCUT2D eigenvalue weighted by Crippen LogP contribution is -2.46. The molecule has 0 aromatic rings. The van der Waals surface area contributed by atoms with Gasteiger partial charge in [0.05, 0.1) is 6.10 Å². The summed E-state index contributed by atoms with van der Waals surface area (Å²) in [5, 5.41) is 2.98. The van der Waals surface area contributed by atoms with Crippen LogP contribution in [0, 0.1) is 0 Å². The largest absolute Gasteiger partial charge is 0.379 e. The van der Waals surface area contributed by atoms with Crippen LogP contribution in [-0.2, 0) is 9.53 Å². The van der Waals surface area contributed by atoms with Crippen molar-refractivity contribution in [2.45, 2.75) is 32.8 Å². The van der Waals surface area contributed by atoms with Crippen LogP contribution in [-0.4, -0.2) is 74.7 Å². The molecule has 0 aliphatic carbocycles. The third-order valence-electron chi connectivity index (χ3n) is 3.35. The van der Waals surface area contributed by atoms with Gasteiger partial charge in [0.15, 0.2) is 0 Å². The molecule has 1 saturated heterocycles. The second kappa shape index (κ2) is 9.28. The number of likely N-dealkylation sites (N-methyl/N-ethyl adjacent to an activating group) is 1. The molecule has 0 radical (unpaired) electrons. The molecule has 1 heterocycles. The quantitative estimate of drug-likeness (QED) is 0.655. The molecule has 1 aliphatic rings. The topological polar surface area (TPSA) is 44.8 Å². The summed E-state index contributed by atoms with van der Waals surface area (Å²) in [6.07, 6.45) is 1.62. The van der Waals surface area contributed by atoms with Crippen LogP contribution in [0.25, 0.3) is 0 Å². The lowest BCUT2D eigenvalue weighted by atomic mass is 10.3. The van der Waals surface area contributed by atoms with Gasteiger partial charge in [-0.15, -0.1) is 0 Å². The zero-order chi connectivity index (χ0) is 14.1. The highest BCUT2D eigenvalue weighted by molar-refractivity contribution is 5.75. The predicted molar refractivity (Wildman–Crippen MR) is 77.3 cm³/mol. The summed E-state index contributed by atoms with van der Waals surface area (Å²) in [6, 6.07) is 0. The number of nitrogens with one attached hydrogen (secondary N) is 1. The number of amides is 1. The van der Waals surface area contributed by atoms with Crippen molar-refractivity contribution in [3.8, 4) is 0 Å². The minimum Gasteiger partial charge on any atom is -0.379 e. The van der Waals surface area contributed by atoms with Crippen molar-refractivity contribution >= 4 is 5.91 Å². The van der Waals surface area contributed by atoms with E-state index >= 15 is 0 Å². The van der Waals surface area contributed by atoms with E-state index in [4.69, 9.17) is 4.74 Å². The predicted octanol–water partition coefficient (Wildman–Crippen LogP) is 0.555. The molecule has 0 bridgehead atoms. The van der Waals surface area contributed by atoms with Gasteiger partial charge in [-0.3, -0.25) is 9.69 Å². The number of hydrogen-bond acceptors (Lipinski definition) is 4. The molecule has 5 nitrogen and oxygen atoms in total. The average Bonchev–Trinajstić information content (AvgIpc) is 2.37. The van der Waals surface area contributed by atoms with Gasteiger partial charge in [0, 0.05) is 52.3 Å². The van der Waals surface area contributed by atoms with E-state index in [0.29, 0.717) is 13.0 Å². The highest BCUT2D eigenvalue weighted by Gasteiger charge is 2.13. The second-order valence-electron chi connectivity index (χ2n) is 5.52. The number of carbonyl (C=O) groups excluding carboxylic acids is 1. The van der Waals surface area contributed by atoms with Gasteiger partial charge in [0.25, 0.3) is 0 Å². The summed E-state index contributed by atoms with van der Waals surface area (Å²) in [4.78, 5) is 16.3. The molecule has 1 N–H and O–H groups in total. The van der Waals surface area contributed by atoms with Crippen LogP contribution < -0.4 is 5.32 Å². The number of hydrogen-bond donors (Lipinski definition) is 1. The third kappa shape index (κ3) is 8.18. The Balaban J connectivity index is 1.95. The SMILES string of the molecule is CC(C)OCCCC(=O)NCCN1CCN(C)CC1. The van der Waals surface area contributed by atoms with E-state index in [1.807, 2.05) is 13.8 Å². The number of ether oxygens (including phenoxy) is 1. The van der Waals surface area contributed by atoms with Gasteiger partial charge in [-0.05, 0) is 27.3 Å². The van der Waals surface area contributed by atoms with Crippen molar-refractivity contribution in [2.75, 3.05) is 52.9 Å². The van der Waals surface area contributed by atoms with Crippen molar-refractivity contribution < 1.29 is 9.53 Å². The first-order valence-corrected chi connectivity index (χ1v) is 7.37. The Morgan fingerprint density at radius 2 is 1.95 bits per heavy atom. The van der Waals surface area contributed by atoms with Gasteiger partial charge in [-0.1, -0.05) is 0 Å². The zero-order valence-electron chi connectivity index (χ0n) is 12.7. The lowest BCUT2D eigenvalue weighted by Gasteiger charge is -2.32. The minimum atomic E-state index is 0.140. The van der Waals surface area contributed by atoms with Crippen LogP contribution in [0.2, 0.25) is 0 Å². The highest BCUT2D eigenvalue weighted by Crippen LogP contribution is 1.98. The Bertz CT molecular complexity index is 251. The molecule has 0 unspecified atom stereocenters. The van der Waals surface area contributed by atoms with E-state index in [-0.39, 0.29) is 12.0 Å². The van der Waals surface area contributed by atoms with Gasteiger partial charge in [0.1, 0.15) is 0 Å². The molecule has 19 heavy (non-hydrogen) atoms. The maximum atomic E-state index is 11.6. The number of rotatable bonds is 8. The third-order valence-corrected chi connectivity index (χ3v) is 3.35. The monoisotopic (exact) mass is 271 g/mol. The molecular weight excluding hydrogens is 242 g/mol. The van der Waals surface area contributed by atoms with Gasteiger partial charge in [-0.2, -0.15) is 0 Å². The van der Waals surface area contributed by atoms with E-state index in [1.165, 1.54) is 0 Å². The molecule has 0 saturated carbocycles. The fourth-order valence-electron chi connectivity index (χ4n) is 2.07. The van der Waals surface area contributed by atoms with Crippen LogP contribution in [0.5, 0.6) is 0 Å². The first-order chi connectivity index (χ1) is 9.08. The molecule has 0 aromatic carbocycles. The summed E-state index contributed by atoms with van der Waals surface area (Å²) in [7, 11) is 2.15. The number of carbonyl (C=O) groups is 1. The van der Waals surface area contributed by atoms with Gasteiger partial charge >= 0.3 is 0 Å². The van der Waals surface area contributed by atoms with E-state index in [2.05, 4.69) is 22.2 Å². The Hall–Kier alpha value is -0.650. The molecule has 112 valence electrons. The van der Waals surface area contributed by atoms with Crippen molar-refractivity contribution in [1.29, 1.82) is 0 Å². The molecule has 0 spiro atoms. The summed E-state index contributed by atoms with van der Waals surface area (Å²) in [5.41, 5.74) is 0. The molecule has 5 heteroatoms. The van der Waals surface area contributed by atoms with Crippen molar-refractivity contribution in [3.05, 3.63) is 0 Å². The van der Waals surface area contributed by atoms with Crippen LogP contribution in [0.3, 0.4) is 0 Å². The smallest absolute Gasteiger partial charge is 0.220 e. The fourth-order valence-corrected chi connectivity index (χ4v) is 2.07. The molecule has 1 rings (SSSR count). The van der Waals surface area contributed by atoms with Gasteiger partial charge in [0.2, 0.25) is 5.91 Å². The number of piperazine rings is 1. The molecule has 1 amide bonds. The molecule has 0 aromatic heterocycles.